The second-order valence-corrected chi connectivity index (χ2v) is 7.86. The van der Waals surface area contributed by atoms with Crippen LogP contribution in [0.4, 0.5) is 4.79 Å². The van der Waals surface area contributed by atoms with Crippen molar-refractivity contribution in [2.75, 3.05) is 6.54 Å². The summed E-state index contributed by atoms with van der Waals surface area (Å²) in [6, 6.07) is 17.3. The molecule has 0 spiro atoms. The normalized spacial score (nSPS) is 21.9. The first-order chi connectivity index (χ1) is 13.3. The summed E-state index contributed by atoms with van der Waals surface area (Å²) in [6.07, 6.45) is -0.998. The molecule has 0 aliphatic carbocycles. The lowest BCUT2D eigenvalue weighted by Crippen LogP contribution is -2.39. The van der Waals surface area contributed by atoms with Gasteiger partial charge in [0.15, 0.2) is 5.79 Å². The van der Waals surface area contributed by atoms with Crippen molar-refractivity contribution in [2.24, 2.45) is 0 Å². The lowest BCUT2D eigenvalue weighted by atomic mass is 9.92. The summed E-state index contributed by atoms with van der Waals surface area (Å²) < 4.78 is 17.4. The summed E-state index contributed by atoms with van der Waals surface area (Å²) >= 11 is 6.13. The quantitative estimate of drug-likeness (QED) is 0.746. The number of nitrogens with one attached hydrogen (secondary N) is 1. The number of halogens is 1. The molecule has 2 aromatic rings. The molecular formula is C22H26ClNO4. The van der Waals surface area contributed by atoms with E-state index in [0.29, 0.717) is 11.6 Å². The largest absolute Gasteiger partial charge is 0.445 e. The fourth-order valence-corrected chi connectivity index (χ4v) is 3.58. The van der Waals surface area contributed by atoms with Crippen molar-refractivity contribution in [1.29, 1.82) is 0 Å². The highest BCUT2D eigenvalue weighted by molar-refractivity contribution is 6.30. The molecule has 1 unspecified atom stereocenters. The minimum absolute atomic E-state index is 0.0487. The number of hydrogen-bond donors (Lipinski definition) is 1. The predicted octanol–water partition coefficient (Wildman–Crippen LogP) is 4.89. The molecule has 1 saturated heterocycles. The van der Waals surface area contributed by atoms with Crippen LogP contribution >= 0.6 is 11.6 Å². The van der Waals surface area contributed by atoms with Gasteiger partial charge < -0.3 is 19.5 Å². The molecule has 3 atom stereocenters. The van der Waals surface area contributed by atoms with Gasteiger partial charge in [0.05, 0.1) is 6.10 Å². The van der Waals surface area contributed by atoms with E-state index >= 15 is 0 Å². The number of benzene rings is 2. The molecule has 0 saturated carbocycles. The van der Waals surface area contributed by atoms with E-state index in [2.05, 4.69) is 12.2 Å². The van der Waals surface area contributed by atoms with Gasteiger partial charge in [0.25, 0.3) is 0 Å². The molecule has 0 bridgehead atoms. The SMILES string of the molecule is CC(c1cccc(Cl)c1)[C@H]1OC(C)(C)O[C@H]1CNC(=O)OCc1ccccc1. The van der Waals surface area contributed by atoms with Crippen LogP contribution < -0.4 is 5.32 Å². The molecule has 6 heteroatoms. The average molecular weight is 404 g/mol. The van der Waals surface area contributed by atoms with E-state index in [0.717, 1.165) is 11.1 Å². The van der Waals surface area contributed by atoms with Gasteiger partial charge in [-0.1, -0.05) is 61.0 Å². The van der Waals surface area contributed by atoms with Crippen LogP contribution in [0.2, 0.25) is 5.02 Å². The van der Waals surface area contributed by atoms with Crippen LogP contribution in [0.3, 0.4) is 0 Å². The lowest BCUT2D eigenvalue weighted by Gasteiger charge is -2.24. The number of carbonyl (C=O) groups excluding carboxylic acids is 1. The zero-order valence-corrected chi connectivity index (χ0v) is 17.1. The number of carbonyl (C=O) groups is 1. The van der Waals surface area contributed by atoms with Gasteiger partial charge in [-0.15, -0.1) is 0 Å². The molecule has 5 nitrogen and oxygen atoms in total. The summed E-state index contributed by atoms with van der Waals surface area (Å²) in [5.41, 5.74) is 2.00. The summed E-state index contributed by atoms with van der Waals surface area (Å²) in [5.74, 6) is -0.676. The minimum atomic E-state index is -0.724. The van der Waals surface area contributed by atoms with E-state index in [4.69, 9.17) is 25.8 Å². The Hall–Kier alpha value is -2.08. The van der Waals surface area contributed by atoms with E-state index in [9.17, 15) is 4.79 Å². The number of amides is 1. The molecule has 2 aromatic carbocycles. The Morgan fingerprint density at radius 3 is 2.64 bits per heavy atom. The van der Waals surface area contributed by atoms with Gasteiger partial charge >= 0.3 is 6.09 Å². The van der Waals surface area contributed by atoms with Gasteiger partial charge in [-0.05, 0) is 37.1 Å². The smallest absolute Gasteiger partial charge is 0.407 e. The number of alkyl carbamates (subject to hydrolysis) is 1. The van der Waals surface area contributed by atoms with Gasteiger partial charge in [0.2, 0.25) is 0 Å². The zero-order valence-electron chi connectivity index (χ0n) is 16.4. The predicted molar refractivity (Wildman–Crippen MR) is 108 cm³/mol. The third-order valence-corrected chi connectivity index (χ3v) is 4.98. The van der Waals surface area contributed by atoms with Crippen molar-refractivity contribution in [3.8, 4) is 0 Å². The van der Waals surface area contributed by atoms with Gasteiger partial charge in [0, 0.05) is 17.5 Å². The highest BCUT2D eigenvalue weighted by Gasteiger charge is 2.44. The van der Waals surface area contributed by atoms with Gasteiger partial charge in [-0.3, -0.25) is 0 Å². The molecule has 150 valence electrons. The van der Waals surface area contributed by atoms with E-state index in [1.165, 1.54) is 0 Å². The summed E-state index contributed by atoms with van der Waals surface area (Å²) in [5, 5.41) is 3.47. The first kappa shape index (κ1) is 20.6. The first-order valence-electron chi connectivity index (χ1n) is 9.40. The van der Waals surface area contributed by atoms with Crippen molar-refractivity contribution in [3.63, 3.8) is 0 Å². The van der Waals surface area contributed by atoms with Crippen LogP contribution in [0, 0.1) is 0 Å². The standard InChI is InChI=1S/C22H26ClNO4/c1-15(17-10-7-11-18(23)12-17)20-19(27-22(2,3)28-20)13-24-21(25)26-14-16-8-5-4-6-9-16/h4-12,15,19-20H,13-14H2,1-3H3,(H,24,25)/t15?,19-,20+/m0/s1. The van der Waals surface area contributed by atoms with Gasteiger partial charge in [-0.25, -0.2) is 4.79 Å². The highest BCUT2D eigenvalue weighted by atomic mass is 35.5. The van der Waals surface area contributed by atoms with E-state index in [1.54, 1.807) is 0 Å². The topological polar surface area (TPSA) is 56.8 Å². The summed E-state index contributed by atoms with van der Waals surface area (Å²) in [6.45, 7) is 6.34. The molecule has 1 N–H and O–H groups in total. The Kier molecular flexibility index (Phi) is 6.60. The molecule has 1 amide bonds. The Labute approximate surface area is 170 Å². The maximum Gasteiger partial charge on any atom is 0.407 e. The van der Waals surface area contributed by atoms with Crippen LogP contribution in [0.1, 0.15) is 37.8 Å². The number of hydrogen-bond acceptors (Lipinski definition) is 4. The zero-order chi connectivity index (χ0) is 20.1. The first-order valence-corrected chi connectivity index (χ1v) is 9.77. The van der Waals surface area contributed by atoms with Crippen LogP contribution in [0.25, 0.3) is 0 Å². The molecule has 28 heavy (non-hydrogen) atoms. The third kappa shape index (κ3) is 5.47. The maximum atomic E-state index is 12.1. The average Bonchev–Trinajstić information content (AvgIpc) is 2.99. The Bertz CT molecular complexity index is 796. The molecule has 1 aliphatic rings. The molecule has 1 aliphatic heterocycles. The van der Waals surface area contributed by atoms with E-state index in [1.807, 2.05) is 68.4 Å². The molecule has 1 heterocycles. The highest BCUT2D eigenvalue weighted by Crippen LogP contribution is 2.36. The Morgan fingerprint density at radius 1 is 1.18 bits per heavy atom. The summed E-state index contributed by atoms with van der Waals surface area (Å²) in [7, 11) is 0. The van der Waals surface area contributed by atoms with Crippen LogP contribution in [0.5, 0.6) is 0 Å². The second kappa shape index (κ2) is 8.95. The fraction of sp³-hybridized carbons (Fsp3) is 0.409. The van der Waals surface area contributed by atoms with Crippen LogP contribution in [-0.4, -0.2) is 30.6 Å². The molecule has 0 aromatic heterocycles. The van der Waals surface area contributed by atoms with E-state index in [-0.39, 0.29) is 24.7 Å². The van der Waals surface area contributed by atoms with Crippen molar-refractivity contribution >= 4 is 17.7 Å². The lowest BCUT2D eigenvalue weighted by molar-refractivity contribution is -0.147. The maximum absolute atomic E-state index is 12.1. The van der Waals surface area contributed by atoms with Gasteiger partial charge in [-0.2, -0.15) is 0 Å². The molecule has 3 rings (SSSR count). The Morgan fingerprint density at radius 2 is 1.93 bits per heavy atom. The van der Waals surface area contributed by atoms with Crippen LogP contribution in [-0.2, 0) is 20.8 Å². The van der Waals surface area contributed by atoms with Crippen molar-refractivity contribution in [2.45, 2.75) is 51.3 Å². The number of rotatable bonds is 6. The molecular weight excluding hydrogens is 378 g/mol. The molecule has 0 radical (unpaired) electrons. The van der Waals surface area contributed by atoms with Crippen LogP contribution in [0.15, 0.2) is 54.6 Å². The Balaban J connectivity index is 1.58. The monoisotopic (exact) mass is 403 g/mol. The minimum Gasteiger partial charge on any atom is -0.445 e. The van der Waals surface area contributed by atoms with Crippen molar-refractivity contribution in [1.82, 2.24) is 5.32 Å². The molecule has 1 fully saturated rings. The van der Waals surface area contributed by atoms with Crippen molar-refractivity contribution in [3.05, 3.63) is 70.7 Å². The number of ether oxygens (including phenoxy) is 3. The third-order valence-electron chi connectivity index (χ3n) is 4.75. The van der Waals surface area contributed by atoms with Crippen molar-refractivity contribution < 1.29 is 19.0 Å². The summed E-state index contributed by atoms with van der Waals surface area (Å²) in [4.78, 5) is 12.1. The fourth-order valence-electron chi connectivity index (χ4n) is 3.38. The second-order valence-electron chi connectivity index (χ2n) is 7.42. The van der Waals surface area contributed by atoms with E-state index < -0.39 is 11.9 Å². The van der Waals surface area contributed by atoms with Gasteiger partial charge in [0.1, 0.15) is 12.7 Å².